The molecule has 14 aromatic rings. The highest BCUT2D eigenvalue weighted by molar-refractivity contribution is 6.90. The van der Waals surface area contributed by atoms with Crippen LogP contribution in [0.5, 0.6) is 0 Å². The molecule has 8 heterocycles. The lowest BCUT2D eigenvalue weighted by Gasteiger charge is -2.37. The first-order valence-corrected chi connectivity index (χ1v) is 30.6. The summed E-state index contributed by atoms with van der Waals surface area (Å²) in [7, 11) is 0. The van der Waals surface area contributed by atoms with E-state index in [1.165, 1.54) is 177 Å². The van der Waals surface area contributed by atoms with Crippen LogP contribution in [-0.2, 0) is 21.7 Å². The van der Waals surface area contributed by atoms with Gasteiger partial charge in [0, 0.05) is 65.8 Å². The Balaban J connectivity index is 1.04. The van der Waals surface area contributed by atoms with E-state index >= 15 is 0 Å². The summed E-state index contributed by atoms with van der Waals surface area (Å²) in [4.78, 5) is 0. The molecule has 406 valence electrons. The van der Waals surface area contributed by atoms with E-state index in [9.17, 15) is 0 Å². The van der Waals surface area contributed by atoms with Crippen molar-refractivity contribution in [1.82, 2.24) is 18.2 Å². The molecule has 0 saturated carbocycles. The minimum Gasteiger partial charge on any atom is -0.374 e. The van der Waals surface area contributed by atoms with Crippen molar-refractivity contribution in [3.63, 3.8) is 0 Å². The third-order valence-electron chi connectivity index (χ3n) is 20.3. The van der Waals surface area contributed by atoms with E-state index in [-0.39, 0.29) is 34.5 Å². The van der Waals surface area contributed by atoms with Crippen LogP contribution in [0.15, 0.2) is 182 Å². The average molecular weight is 1080 g/mol. The maximum Gasteiger partial charge on any atom is 0.333 e. The summed E-state index contributed by atoms with van der Waals surface area (Å²) in [5.74, 6) is 0. The van der Waals surface area contributed by atoms with Gasteiger partial charge in [0.1, 0.15) is 0 Å². The van der Waals surface area contributed by atoms with E-state index in [2.05, 4.69) is 283 Å². The van der Waals surface area contributed by atoms with E-state index < -0.39 is 0 Å². The Morgan fingerprint density at radius 2 is 0.845 bits per heavy atom. The minimum absolute atomic E-state index is 0.0464. The van der Waals surface area contributed by atoms with Crippen LogP contribution >= 0.6 is 0 Å². The first-order valence-electron chi connectivity index (χ1n) is 30.6. The highest BCUT2D eigenvalue weighted by Crippen LogP contribution is 2.59. The van der Waals surface area contributed by atoms with Gasteiger partial charge in [0.15, 0.2) is 0 Å². The Kier molecular flexibility index (Phi) is 9.10. The summed E-state index contributed by atoms with van der Waals surface area (Å²) in [6, 6.07) is 71.9. The lowest BCUT2D eigenvalue weighted by atomic mass is 9.45. The van der Waals surface area contributed by atoms with E-state index in [0.29, 0.717) is 0 Å². The van der Waals surface area contributed by atoms with Gasteiger partial charge in [-0.15, -0.1) is 0 Å². The van der Waals surface area contributed by atoms with Gasteiger partial charge in [-0.3, -0.25) is 0 Å². The first-order chi connectivity index (χ1) is 40.3. The molecule has 1 atom stereocenters. The molecule has 4 nitrogen and oxygen atoms in total. The van der Waals surface area contributed by atoms with E-state index in [0.717, 1.165) is 0 Å². The van der Waals surface area contributed by atoms with Gasteiger partial charge < -0.3 is 18.2 Å². The molecule has 5 heteroatoms. The van der Waals surface area contributed by atoms with Crippen LogP contribution < -0.4 is 10.9 Å². The molecule has 0 spiro atoms. The fraction of sp³-hybridized carbons (Fsp3) is 0.215. The van der Waals surface area contributed by atoms with Crippen molar-refractivity contribution in [3.8, 4) is 55.9 Å². The molecule has 18 rings (SSSR count). The van der Waals surface area contributed by atoms with Gasteiger partial charge in [-0.1, -0.05) is 241 Å². The number of benzene rings is 10. The Labute approximate surface area is 491 Å². The highest BCUT2D eigenvalue weighted by atomic mass is 15.1. The molecule has 1 unspecified atom stereocenters. The molecule has 0 radical (unpaired) electrons. The normalized spacial score (nSPS) is 15.0. The van der Waals surface area contributed by atoms with Crippen molar-refractivity contribution in [2.75, 3.05) is 0 Å². The Morgan fingerprint density at radius 1 is 0.345 bits per heavy atom. The van der Waals surface area contributed by atoms with Gasteiger partial charge in [-0.25, -0.2) is 0 Å². The second kappa shape index (κ2) is 15.7. The number of nitrogens with zero attached hydrogens (tertiary/aromatic N) is 4. The van der Waals surface area contributed by atoms with Gasteiger partial charge in [-0.05, 0) is 112 Å². The third-order valence-corrected chi connectivity index (χ3v) is 20.3. The molecule has 0 aliphatic carbocycles. The summed E-state index contributed by atoms with van der Waals surface area (Å²) in [6.45, 7) is 28.3. The monoisotopic (exact) mass is 1080 g/mol. The number of fused-ring (bicyclic) bond motifs is 19. The first kappa shape index (κ1) is 48.7. The quantitative estimate of drug-likeness (QED) is 0.154. The van der Waals surface area contributed by atoms with Crippen molar-refractivity contribution in [2.24, 2.45) is 0 Å². The number of para-hydroxylation sites is 5. The summed E-state index contributed by atoms with van der Waals surface area (Å²) < 4.78 is 11.0. The third kappa shape index (κ3) is 6.05. The second-order valence-electron chi connectivity index (χ2n) is 29.3. The van der Waals surface area contributed by atoms with Crippen molar-refractivity contribution >= 4 is 94.2 Å². The summed E-state index contributed by atoms with van der Waals surface area (Å²) in [5.41, 5.74) is 34.1. The molecular weight excluding hydrogens is 1020 g/mol. The van der Waals surface area contributed by atoms with Crippen LogP contribution in [-0.4, -0.2) is 25.0 Å². The van der Waals surface area contributed by atoms with Crippen molar-refractivity contribution in [3.05, 3.63) is 215 Å². The number of aromatic nitrogens is 4. The lowest BCUT2D eigenvalue weighted by Crippen LogP contribution is -2.55. The Hall–Kier alpha value is -8.80. The fourth-order valence-electron chi connectivity index (χ4n) is 16.3. The Bertz CT molecular complexity index is 5300. The summed E-state index contributed by atoms with van der Waals surface area (Å²) in [5, 5.41) is 7.80. The van der Waals surface area contributed by atoms with Gasteiger partial charge in [0.05, 0.1) is 50.3 Å². The lowest BCUT2D eigenvalue weighted by molar-refractivity contribution is 0.568. The molecule has 0 bridgehead atoms. The average Bonchev–Trinajstić information content (AvgIpc) is 1.46. The molecule has 4 aliphatic heterocycles. The van der Waals surface area contributed by atoms with Crippen LogP contribution in [0, 0.1) is 0 Å². The smallest absolute Gasteiger partial charge is 0.333 e. The van der Waals surface area contributed by atoms with Crippen LogP contribution in [0.3, 0.4) is 0 Å². The topological polar surface area (TPSA) is 19.7 Å². The zero-order valence-corrected chi connectivity index (χ0v) is 50.3. The van der Waals surface area contributed by atoms with Gasteiger partial charge in [0.25, 0.3) is 0 Å². The zero-order valence-electron chi connectivity index (χ0n) is 50.3. The maximum atomic E-state index is 2.87. The largest absolute Gasteiger partial charge is 0.374 e. The zero-order chi connectivity index (χ0) is 57.2. The van der Waals surface area contributed by atoms with Gasteiger partial charge >= 0.3 is 6.85 Å². The van der Waals surface area contributed by atoms with Gasteiger partial charge in [-0.2, -0.15) is 0 Å². The van der Waals surface area contributed by atoms with Crippen LogP contribution in [0.25, 0.3) is 132 Å². The standard InChI is InChI=1S/C79H67BN4/c1-76(2,3)45-37-43(38-46(41-45)77(4,5)6)49-35-36-64-68-65(49)56-26-18-28-58-70(56)84(80(68)60-29-19-24-54-52-22-14-16-31-62(52)82(64)71(54)60)75-59-34-33-50(44-39-47(78(7,8)9)42-48(40-44)79(10,11)12)66-55-25-20-32-63-67(55)73(83(72(59)66)74(58)75)57-27-17-23-53-51-21-13-15-30-61(51)81(63)69(53)57/h13-42,73H,1-12H3. The molecule has 4 aromatic heterocycles. The molecule has 0 fully saturated rings. The predicted octanol–water partition coefficient (Wildman–Crippen LogP) is 19.3. The van der Waals surface area contributed by atoms with Crippen LogP contribution in [0.4, 0.5) is 0 Å². The number of hydrogen-bond acceptors (Lipinski definition) is 0. The maximum absolute atomic E-state index is 2.87. The van der Waals surface area contributed by atoms with E-state index in [4.69, 9.17) is 0 Å². The van der Waals surface area contributed by atoms with Crippen LogP contribution in [0.2, 0.25) is 0 Å². The second-order valence-corrected chi connectivity index (χ2v) is 29.3. The predicted molar refractivity (Wildman–Crippen MR) is 358 cm³/mol. The molecule has 10 aromatic carbocycles. The summed E-state index contributed by atoms with van der Waals surface area (Å²) >= 11 is 0. The molecule has 0 amide bonds. The molecular formula is C79H67BN4. The highest BCUT2D eigenvalue weighted by Gasteiger charge is 2.46. The van der Waals surface area contributed by atoms with Crippen LogP contribution in [0.1, 0.15) is 123 Å². The van der Waals surface area contributed by atoms with E-state index in [1.807, 2.05) is 0 Å². The Morgan fingerprint density at radius 3 is 1.48 bits per heavy atom. The molecule has 84 heavy (non-hydrogen) atoms. The number of rotatable bonds is 2. The molecule has 4 aliphatic rings. The summed E-state index contributed by atoms with van der Waals surface area (Å²) in [6.07, 6.45) is 0. The molecule has 0 N–H and O–H groups in total. The van der Waals surface area contributed by atoms with Crippen molar-refractivity contribution in [2.45, 2.75) is 111 Å². The minimum atomic E-state index is -0.130. The fourth-order valence-corrected chi connectivity index (χ4v) is 16.3. The number of hydrogen-bond donors (Lipinski definition) is 0. The SMILES string of the molecule is CC(C)(C)c1cc(-c2ccc3c4c2-c2cccc5c2n(c2c6ccc(-c7cc(C(C)(C)C)cc(C(C)(C)C)c7)c7c6n(c52)C2c5c-7cccc5-n5c6ccccc6c6cccc2c65)B4c2cccc4c5ccccc5n-3c24)cc(C(C)(C)C)c1. The van der Waals surface area contributed by atoms with Gasteiger partial charge in [0.2, 0.25) is 0 Å². The molecule has 0 saturated heterocycles. The van der Waals surface area contributed by atoms with E-state index in [1.54, 1.807) is 0 Å². The van der Waals surface area contributed by atoms with Crippen molar-refractivity contribution < 1.29 is 0 Å². The van der Waals surface area contributed by atoms with Crippen molar-refractivity contribution in [1.29, 1.82) is 0 Å².